The Morgan fingerprint density at radius 1 is 1.35 bits per heavy atom. The Morgan fingerprint density at radius 2 is 2.00 bits per heavy atom. The molecule has 17 heavy (non-hydrogen) atoms. The van der Waals surface area contributed by atoms with Crippen LogP contribution in [0.25, 0.3) is 0 Å². The molecule has 0 bridgehead atoms. The van der Waals surface area contributed by atoms with Crippen LogP contribution < -0.4 is 0 Å². The van der Waals surface area contributed by atoms with Gasteiger partial charge in [-0.05, 0) is 53.9 Å². The summed E-state index contributed by atoms with van der Waals surface area (Å²) in [6.07, 6.45) is 2.36. The number of rotatable bonds is 6. The molecule has 1 aliphatic rings. The molecule has 1 fully saturated rings. The van der Waals surface area contributed by atoms with Crippen LogP contribution in [0.5, 0.6) is 0 Å². The van der Waals surface area contributed by atoms with Gasteiger partial charge in [0.25, 0.3) is 0 Å². The zero-order chi connectivity index (χ0) is 13.1. The van der Waals surface area contributed by atoms with Crippen molar-refractivity contribution in [2.24, 2.45) is 5.92 Å². The van der Waals surface area contributed by atoms with Gasteiger partial charge in [0.1, 0.15) is 0 Å². The molecule has 0 aromatic heterocycles. The maximum absolute atomic E-state index is 10.3. The minimum atomic E-state index is -0.285. The van der Waals surface area contributed by atoms with Crippen LogP contribution in [0.2, 0.25) is 0 Å². The summed E-state index contributed by atoms with van der Waals surface area (Å²) < 4.78 is 11.3. The van der Waals surface area contributed by atoms with Crippen LogP contribution in [0.15, 0.2) is 0 Å². The van der Waals surface area contributed by atoms with Gasteiger partial charge in [-0.3, -0.25) is 0 Å². The maximum atomic E-state index is 10.3. The fourth-order valence-corrected chi connectivity index (χ4v) is 2.94. The Bertz CT molecular complexity index is 236. The molecule has 0 aliphatic carbocycles. The number of hydrogen-bond acceptors (Lipinski definition) is 3. The summed E-state index contributed by atoms with van der Waals surface area (Å²) in [6, 6.07) is 0. The molecule has 1 aliphatic heterocycles. The Kier molecular flexibility index (Phi) is 4.99. The molecule has 1 saturated heterocycles. The van der Waals surface area contributed by atoms with Crippen molar-refractivity contribution in [3.05, 3.63) is 0 Å². The van der Waals surface area contributed by atoms with E-state index in [4.69, 9.17) is 9.47 Å². The normalized spacial score (nSPS) is 28.2. The second-order valence-electron chi connectivity index (χ2n) is 6.18. The summed E-state index contributed by atoms with van der Waals surface area (Å²) in [5.41, 5.74) is -0.344. The molecule has 1 heterocycles. The van der Waals surface area contributed by atoms with Gasteiger partial charge in [-0.15, -0.1) is 0 Å². The highest BCUT2D eigenvalue weighted by Gasteiger charge is 2.48. The molecule has 2 atom stereocenters. The maximum Gasteiger partial charge on any atom is 0.0687 e. The lowest BCUT2D eigenvalue weighted by Crippen LogP contribution is -2.36. The van der Waals surface area contributed by atoms with E-state index in [9.17, 15) is 5.11 Å². The Hall–Kier alpha value is -0.120. The van der Waals surface area contributed by atoms with E-state index in [1.165, 1.54) is 0 Å². The fraction of sp³-hybridized carbons (Fsp3) is 1.00. The molecule has 0 aromatic rings. The Balaban J connectivity index is 2.43. The Labute approximate surface area is 105 Å². The van der Waals surface area contributed by atoms with Crippen LogP contribution >= 0.6 is 0 Å². The van der Waals surface area contributed by atoms with Crippen LogP contribution in [0, 0.1) is 5.92 Å². The number of aliphatic hydroxyl groups is 1. The van der Waals surface area contributed by atoms with Crippen molar-refractivity contribution in [3.63, 3.8) is 0 Å². The van der Waals surface area contributed by atoms with Crippen LogP contribution in [0.4, 0.5) is 0 Å². The molecule has 3 nitrogen and oxygen atoms in total. The lowest BCUT2D eigenvalue weighted by atomic mass is 9.81. The van der Waals surface area contributed by atoms with E-state index < -0.39 is 0 Å². The van der Waals surface area contributed by atoms with Crippen molar-refractivity contribution in [3.8, 4) is 0 Å². The lowest BCUT2D eigenvalue weighted by Gasteiger charge is -2.30. The highest BCUT2D eigenvalue weighted by molar-refractivity contribution is 4.97. The van der Waals surface area contributed by atoms with Crippen LogP contribution in [-0.4, -0.2) is 35.6 Å². The summed E-state index contributed by atoms with van der Waals surface area (Å²) in [4.78, 5) is 0. The largest absolute Gasteiger partial charge is 0.393 e. The van der Waals surface area contributed by atoms with Gasteiger partial charge in [0.2, 0.25) is 0 Å². The molecule has 0 radical (unpaired) electrons. The highest BCUT2D eigenvalue weighted by Crippen LogP contribution is 2.44. The lowest BCUT2D eigenvalue weighted by molar-refractivity contribution is -0.0886. The van der Waals surface area contributed by atoms with Crippen molar-refractivity contribution in [1.29, 1.82) is 0 Å². The summed E-state index contributed by atoms with van der Waals surface area (Å²) >= 11 is 0. The highest BCUT2D eigenvalue weighted by atomic mass is 16.5. The van der Waals surface area contributed by atoms with Crippen LogP contribution in [0.1, 0.15) is 53.9 Å². The standard InChI is InChI=1S/C14H28O3/c1-6-16-9-7-8-12(15)11-10-13(2,3)17-14(11,4)5/h11-12,15H,6-10H2,1-5H3. The predicted molar refractivity (Wildman–Crippen MR) is 69.1 cm³/mol. The zero-order valence-corrected chi connectivity index (χ0v) is 12.0. The quantitative estimate of drug-likeness (QED) is 0.730. The molecule has 0 spiro atoms. The average molecular weight is 244 g/mol. The van der Waals surface area contributed by atoms with Crippen molar-refractivity contribution in [2.75, 3.05) is 13.2 Å². The van der Waals surface area contributed by atoms with E-state index >= 15 is 0 Å². The molecule has 0 aromatic carbocycles. The molecule has 2 unspecified atom stereocenters. The van der Waals surface area contributed by atoms with Crippen molar-refractivity contribution in [2.45, 2.75) is 71.2 Å². The number of ether oxygens (including phenoxy) is 2. The SMILES string of the molecule is CCOCCCC(O)C1CC(C)(C)OC1(C)C. The molecular formula is C14H28O3. The van der Waals surface area contributed by atoms with Gasteiger partial charge >= 0.3 is 0 Å². The third-order valence-corrected chi connectivity index (χ3v) is 3.60. The second-order valence-corrected chi connectivity index (χ2v) is 6.18. The van der Waals surface area contributed by atoms with E-state index in [1.807, 2.05) is 6.92 Å². The van der Waals surface area contributed by atoms with Gasteiger partial charge in [-0.25, -0.2) is 0 Å². The van der Waals surface area contributed by atoms with Crippen LogP contribution in [-0.2, 0) is 9.47 Å². The van der Waals surface area contributed by atoms with Gasteiger partial charge in [-0.1, -0.05) is 0 Å². The summed E-state index contributed by atoms with van der Waals surface area (Å²) in [7, 11) is 0. The fourth-order valence-electron chi connectivity index (χ4n) is 2.94. The first-order chi connectivity index (χ1) is 7.78. The van der Waals surface area contributed by atoms with E-state index in [1.54, 1.807) is 0 Å². The smallest absolute Gasteiger partial charge is 0.0687 e. The third-order valence-electron chi connectivity index (χ3n) is 3.60. The van der Waals surface area contributed by atoms with Gasteiger partial charge in [0.15, 0.2) is 0 Å². The number of hydrogen-bond donors (Lipinski definition) is 1. The van der Waals surface area contributed by atoms with Crippen molar-refractivity contribution in [1.82, 2.24) is 0 Å². The summed E-state index contributed by atoms with van der Waals surface area (Å²) in [5, 5.41) is 10.3. The minimum Gasteiger partial charge on any atom is -0.393 e. The summed E-state index contributed by atoms with van der Waals surface area (Å²) in [5.74, 6) is 0.221. The van der Waals surface area contributed by atoms with Crippen LogP contribution in [0.3, 0.4) is 0 Å². The first kappa shape index (κ1) is 14.9. The zero-order valence-electron chi connectivity index (χ0n) is 12.0. The molecule has 102 valence electrons. The van der Waals surface area contributed by atoms with Gasteiger partial charge < -0.3 is 14.6 Å². The van der Waals surface area contributed by atoms with E-state index in [0.29, 0.717) is 0 Å². The molecule has 1 N–H and O–H groups in total. The molecule has 1 rings (SSSR count). The number of aliphatic hydroxyl groups excluding tert-OH is 1. The topological polar surface area (TPSA) is 38.7 Å². The third kappa shape index (κ3) is 4.23. The monoisotopic (exact) mass is 244 g/mol. The second kappa shape index (κ2) is 5.68. The van der Waals surface area contributed by atoms with Gasteiger partial charge in [-0.2, -0.15) is 0 Å². The predicted octanol–water partition coefficient (Wildman–Crippen LogP) is 2.76. The van der Waals surface area contributed by atoms with E-state index in [2.05, 4.69) is 27.7 Å². The molecular weight excluding hydrogens is 216 g/mol. The Morgan fingerprint density at radius 3 is 2.47 bits per heavy atom. The minimum absolute atomic E-state index is 0.116. The van der Waals surface area contributed by atoms with E-state index in [-0.39, 0.29) is 23.2 Å². The first-order valence-electron chi connectivity index (χ1n) is 6.74. The molecule has 3 heteroatoms. The van der Waals surface area contributed by atoms with Crippen molar-refractivity contribution < 1.29 is 14.6 Å². The average Bonchev–Trinajstić information content (AvgIpc) is 2.41. The summed E-state index contributed by atoms with van der Waals surface area (Å²) in [6.45, 7) is 11.8. The first-order valence-corrected chi connectivity index (χ1v) is 6.74. The molecule has 0 saturated carbocycles. The van der Waals surface area contributed by atoms with Gasteiger partial charge in [0.05, 0.1) is 17.3 Å². The van der Waals surface area contributed by atoms with E-state index in [0.717, 1.165) is 32.5 Å². The van der Waals surface area contributed by atoms with Gasteiger partial charge in [0, 0.05) is 19.1 Å². The molecule has 0 amide bonds. The van der Waals surface area contributed by atoms with Crippen molar-refractivity contribution >= 4 is 0 Å².